The summed E-state index contributed by atoms with van der Waals surface area (Å²) in [5.41, 5.74) is 1.79. The van der Waals surface area contributed by atoms with Crippen molar-refractivity contribution in [2.24, 2.45) is 0 Å². The Morgan fingerprint density at radius 3 is 2.46 bits per heavy atom. The number of halogens is 1. The molecule has 1 amide bonds. The maximum atomic E-state index is 13.0. The van der Waals surface area contributed by atoms with E-state index in [-0.39, 0.29) is 11.6 Å². The maximum absolute atomic E-state index is 13.0. The lowest BCUT2D eigenvalue weighted by Crippen LogP contribution is -2.34. The zero-order chi connectivity index (χ0) is 18.7. The fraction of sp³-hybridized carbons (Fsp3) is 0.200. The number of benzene rings is 2. The zero-order valence-electron chi connectivity index (χ0n) is 14.5. The molecule has 5 nitrogen and oxygen atoms in total. The minimum atomic E-state index is -0.692. The van der Waals surface area contributed by atoms with Crippen molar-refractivity contribution in [1.82, 2.24) is 0 Å². The predicted octanol–water partition coefficient (Wildman–Crippen LogP) is 4.09. The van der Waals surface area contributed by atoms with Gasteiger partial charge in [-0.25, -0.2) is 9.18 Å². The van der Waals surface area contributed by atoms with Gasteiger partial charge in [0.1, 0.15) is 11.4 Å². The number of rotatable bonds is 5. The average molecular weight is 355 g/mol. The lowest BCUT2D eigenvalue weighted by molar-refractivity contribution is -0.121. The second kappa shape index (κ2) is 7.39. The van der Waals surface area contributed by atoms with Gasteiger partial charge in [0.2, 0.25) is 5.76 Å². The summed E-state index contributed by atoms with van der Waals surface area (Å²) < 4.78 is 23.7. The van der Waals surface area contributed by atoms with Gasteiger partial charge in [0, 0.05) is 23.2 Å². The highest BCUT2D eigenvalue weighted by Gasteiger charge is 2.21. The summed E-state index contributed by atoms with van der Waals surface area (Å²) in [6.45, 7) is 3.49. The van der Waals surface area contributed by atoms with Gasteiger partial charge in [0.05, 0.1) is 0 Å². The predicted molar refractivity (Wildman–Crippen MR) is 95.7 cm³/mol. The molecule has 2 aromatic carbocycles. The Labute approximate surface area is 150 Å². The molecular formula is C20H18FNO4. The van der Waals surface area contributed by atoms with E-state index in [1.165, 1.54) is 29.2 Å². The summed E-state index contributed by atoms with van der Waals surface area (Å²) in [5, 5.41) is 0.826. The Kier molecular flexibility index (Phi) is 5.02. The number of furan rings is 1. The van der Waals surface area contributed by atoms with Gasteiger partial charge in [-0.1, -0.05) is 18.2 Å². The van der Waals surface area contributed by atoms with Crippen molar-refractivity contribution in [3.05, 3.63) is 65.7 Å². The van der Waals surface area contributed by atoms with Gasteiger partial charge in [0.25, 0.3) is 5.91 Å². The van der Waals surface area contributed by atoms with Crippen LogP contribution in [0.4, 0.5) is 10.1 Å². The van der Waals surface area contributed by atoms with Crippen molar-refractivity contribution in [3.63, 3.8) is 0 Å². The van der Waals surface area contributed by atoms with Crippen molar-refractivity contribution < 1.29 is 23.1 Å². The van der Waals surface area contributed by atoms with Crippen LogP contribution in [0, 0.1) is 12.7 Å². The van der Waals surface area contributed by atoms with Crippen molar-refractivity contribution in [1.29, 1.82) is 0 Å². The molecule has 0 saturated carbocycles. The van der Waals surface area contributed by atoms with Gasteiger partial charge >= 0.3 is 5.97 Å². The van der Waals surface area contributed by atoms with E-state index in [0.29, 0.717) is 23.4 Å². The monoisotopic (exact) mass is 355 g/mol. The normalized spacial score (nSPS) is 10.7. The Morgan fingerprint density at radius 2 is 1.81 bits per heavy atom. The first kappa shape index (κ1) is 17.7. The lowest BCUT2D eigenvalue weighted by Gasteiger charge is -2.20. The first-order chi connectivity index (χ1) is 12.5. The van der Waals surface area contributed by atoms with Crippen molar-refractivity contribution in [3.8, 4) is 0 Å². The topological polar surface area (TPSA) is 59.8 Å². The Bertz CT molecular complexity index is 946. The number of aryl methyl sites for hydroxylation is 1. The van der Waals surface area contributed by atoms with Gasteiger partial charge in [0.15, 0.2) is 6.61 Å². The third-order valence-electron chi connectivity index (χ3n) is 4.11. The molecular weight excluding hydrogens is 337 g/mol. The first-order valence-electron chi connectivity index (χ1n) is 8.22. The van der Waals surface area contributed by atoms with Crippen LogP contribution in [-0.4, -0.2) is 25.0 Å². The van der Waals surface area contributed by atoms with Gasteiger partial charge < -0.3 is 14.1 Å². The molecule has 0 N–H and O–H groups in total. The number of nitrogens with zero attached hydrogens (tertiary/aromatic N) is 1. The lowest BCUT2D eigenvalue weighted by atomic mass is 10.1. The van der Waals surface area contributed by atoms with Gasteiger partial charge in [-0.05, 0) is 44.2 Å². The quantitative estimate of drug-likeness (QED) is 0.647. The van der Waals surface area contributed by atoms with Gasteiger partial charge in [-0.2, -0.15) is 0 Å². The second-order valence-corrected chi connectivity index (χ2v) is 5.74. The molecule has 0 radical (unpaired) electrons. The van der Waals surface area contributed by atoms with E-state index in [2.05, 4.69) is 0 Å². The molecule has 0 fully saturated rings. The number of anilines is 1. The van der Waals surface area contributed by atoms with Crippen molar-refractivity contribution in [2.75, 3.05) is 18.1 Å². The Morgan fingerprint density at radius 1 is 1.12 bits per heavy atom. The van der Waals surface area contributed by atoms with E-state index in [1.54, 1.807) is 19.9 Å². The molecule has 0 aliphatic carbocycles. The van der Waals surface area contributed by atoms with E-state index in [9.17, 15) is 14.0 Å². The van der Waals surface area contributed by atoms with Crippen LogP contribution in [0.15, 0.2) is 52.9 Å². The molecule has 3 rings (SSSR count). The van der Waals surface area contributed by atoms with Crippen LogP contribution in [-0.2, 0) is 9.53 Å². The van der Waals surface area contributed by atoms with Crippen LogP contribution < -0.4 is 4.90 Å². The van der Waals surface area contributed by atoms with E-state index in [0.717, 1.165) is 5.39 Å². The molecule has 0 unspecified atom stereocenters. The van der Waals surface area contributed by atoms with E-state index < -0.39 is 18.5 Å². The maximum Gasteiger partial charge on any atom is 0.375 e. The molecule has 0 spiro atoms. The van der Waals surface area contributed by atoms with Gasteiger partial charge in [-0.3, -0.25) is 4.79 Å². The van der Waals surface area contributed by atoms with Gasteiger partial charge in [-0.15, -0.1) is 0 Å². The number of likely N-dealkylation sites (N-methyl/N-ethyl adjacent to an activating group) is 1. The summed E-state index contributed by atoms with van der Waals surface area (Å²) in [7, 11) is 0. The third kappa shape index (κ3) is 3.44. The van der Waals surface area contributed by atoms with Crippen molar-refractivity contribution in [2.45, 2.75) is 13.8 Å². The smallest absolute Gasteiger partial charge is 0.375 e. The highest BCUT2D eigenvalue weighted by atomic mass is 19.1. The van der Waals surface area contributed by atoms with E-state index in [4.69, 9.17) is 9.15 Å². The molecule has 0 bridgehead atoms. The number of para-hydroxylation sites is 1. The number of carbonyl (C=O) groups is 2. The summed E-state index contributed by atoms with van der Waals surface area (Å²) in [5.74, 6) is -1.39. The highest BCUT2D eigenvalue weighted by molar-refractivity contribution is 5.99. The average Bonchev–Trinajstić information content (AvgIpc) is 2.99. The number of esters is 1. The third-order valence-corrected chi connectivity index (χ3v) is 4.11. The SMILES string of the molecule is CCN(C(=O)COC(=O)c1oc2ccccc2c1C)c1ccc(F)cc1. The van der Waals surface area contributed by atoms with Crippen LogP contribution in [0.1, 0.15) is 23.0 Å². The molecule has 1 aromatic heterocycles. The second-order valence-electron chi connectivity index (χ2n) is 5.74. The summed E-state index contributed by atoms with van der Waals surface area (Å²) in [6.07, 6.45) is 0. The van der Waals surface area contributed by atoms with Crippen LogP contribution in [0.3, 0.4) is 0 Å². The summed E-state index contributed by atoms with van der Waals surface area (Å²) in [6, 6.07) is 12.8. The van der Waals surface area contributed by atoms with E-state index >= 15 is 0 Å². The molecule has 6 heteroatoms. The first-order valence-corrected chi connectivity index (χ1v) is 8.22. The summed E-state index contributed by atoms with van der Waals surface area (Å²) >= 11 is 0. The van der Waals surface area contributed by atoms with Crippen molar-refractivity contribution >= 4 is 28.5 Å². The van der Waals surface area contributed by atoms with Crippen LogP contribution in [0.5, 0.6) is 0 Å². The minimum Gasteiger partial charge on any atom is -0.450 e. The Hall–Kier alpha value is -3.15. The van der Waals surface area contributed by atoms with E-state index in [1.807, 2.05) is 18.2 Å². The number of hydrogen-bond acceptors (Lipinski definition) is 4. The Balaban J connectivity index is 1.70. The zero-order valence-corrected chi connectivity index (χ0v) is 14.5. The standard InChI is InChI=1S/C20H18FNO4/c1-3-22(15-10-8-14(21)9-11-15)18(23)12-25-20(24)19-13(2)16-6-4-5-7-17(16)26-19/h4-11H,3,12H2,1-2H3. The fourth-order valence-corrected chi connectivity index (χ4v) is 2.76. The highest BCUT2D eigenvalue weighted by Crippen LogP contribution is 2.25. The number of amides is 1. The number of hydrogen-bond donors (Lipinski definition) is 0. The minimum absolute atomic E-state index is 0.0869. The molecule has 3 aromatic rings. The van der Waals surface area contributed by atoms with Crippen LogP contribution in [0.25, 0.3) is 11.0 Å². The van der Waals surface area contributed by atoms with Crippen LogP contribution >= 0.6 is 0 Å². The molecule has 0 aliphatic heterocycles. The number of ether oxygens (including phenoxy) is 1. The number of fused-ring (bicyclic) bond motifs is 1. The molecule has 1 heterocycles. The summed E-state index contributed by atoms with van der Waals surface area (Å²) in [4.78, 5) is 26.1. The largest absolute Gasteiger partial charge is 0.450 e. The molecule has 134 valence electrons. The molecule has 0 aliphatic rings. The molecule has 0 saturated heterocycles. The number of carbonyl (C=O) groups excluding carboxylic acids is 2. The molecule has 0 atom stereocenters. The molecule has 26 heavy (non-hydrogen) atoms. The fourth-order valence-electron chi connectivity index (χ4n) is 2.76. The van der Waals surface area contributed by atoms with Crippen LogP contribution in [0.2, 0.25) is 0 Å².